The van der Waals surface area contributed by atoms with E-state index in [1.807, 2.05) is 39.0 Å². The molecule has 5 heteroatoms. The highest BCUT2D eigenvalue weighted by molar-refractivity contribution is 6.31. The van der Waals surface area contributed by atoms with Crippen LogP contribution in [0, 0.1) is 20.8 Å². The molecule has 0 bridgehead atoms. The Morgan fingerprint density at radius 1 is 0.957 bits per heavy atom. The molecule has 0 aliphatic rings. The van der Waals surface area contributed by atoms with Crippen LogP contribution in [-0.4, -0.2) is 11.8 Å². The molecular weight excluding hydrogens is 312 g/mol. The van der Waals surface area contributed by atoms with Crippen molar-refractivity contribution in [2.75, 3.05) is 10.6 Å². The summed E-state index contributed by atoms with van der Waals surface area (Å²) < 4.78 is 0. The normalized spacial score (nSPS) is 10.3. The minimum atomic E-state index is -0.377. The SMILES string of the molecule is Cc1ccc(NC(=O)CC(=O)Nc2cccc(Cl)c2C)c(C)c1. The number of amides is 2. The summed E-state index contributed by atoms with van der Waals surface area (Å²) in [5.74, 6) is -0.730. The molecule has 120 valence electrons. The van der Waals surface area contributed by atoms with Gasteiger partial charge in [-0.2, -0.15) is 0 Å². The number of carbonyl (C=O) groups excluding carboxylic acids is 2. The summed E-state index contributed by atoms with van der Waals surface area (Å²) in [6.07, 6.45) is -0.251. The standard InChI is InChI=1S/C18H19ClN2O2/c1-11-7-8-15(12(2)9-11)20-17(22)10-18(23)21-16-6-4-5-14(19)13(16)3/h4-9H,10H2,1-3H3,(H,20,22)(H,21,23). The molecule has 0 unspecified atom stereocenters. The number of hydrogen-bond donors (Lipinski definition) is 2. The minimum Gasteiger partial charge on any atom is -0.325 e. The fourth-order valence-corrected chi connectivity index (χ4v) is 2.41. The molecule has 0 atom stereocenters. The van der Waals surface area contributed by atoms with Gasteiger partial charge in [0.1, 0.15) is 6.42 Å². The van der Waals surface area contributed by atoms with Gasteiger partial charge in [0.15, 0.2) is 0 Å². The fraction of sp³-hybridized carbons (Fsp3) is 0.222. The smallest absolute Gasteiger partial charge is 0.233 e. The zero-order valence-electron chi connectivity index (χ0n) is 13.4. The third-order valence-corrected chi connectivity index (χ3v) is 3.93. The van der Waals surface area contributed by atoms with Gasteiger partial charge >= 0.3 is 0 Å². The summed E-state index contributed by atoms with van der Waals surface area (Å²) in [4.78, 5) is 24.0. The highest BCUT2D eigenvalue weighted by Gasteiger charge is 2.12. The summed E-state index contributed by atoms with van der Waals surface area (Å²) in [6, 6.07) is 11.0. The van der Waals surface area contributed by atoms with Crippen molar-refractivity contribution in [1.29, 1.82) is 0 Å². The maximum Gasteiger partial charge on any atom is 0.233 e. The van der Waals surface area contributed by atoms with Crippen molar-refractivity contribution in [3.05, 3.63) is 58.1 Å². The van der Waals surface area contributed by atoms with Crippen LogP contribution in [-0.2, 0) is 9.59 Å². The third-order valence-electron chi connectivity index (χ3n) is 3.52. The van der Waals surface area contributed by atoms with E-state index in [4.69, 9.17) is 11.6 Å². The highest BCUT2D eigenvalue weighted by atomic mass is 35.5. The zero-order valence-corrected chi connectivity index (χ0v) is 14.1. The van der Waals surface area contributed by atoms with Crippen LogP contribution < -0.4 is 10.6 Å². The fourth-order valence-electron chi connectivity index (χ4n) is 2.23. The number of halogens is 1. The molecule has 2 N–H and O–H groups in total. The van der Waals surface area contributed by atoms with E-state index in [2.05, 4.69) is 10.6 Å². The molecule has 4 nitrogen and oxygen atoms in total. The lowest BCUT2D eigenvalue weighted by atomic mass is 10.1. The van der Waals surface area contributed by atoms with E-state index in [1.54, 1.807) is 18.2 Å². The first-order valence-corrected chi connectivity index (χ1v) is 7.66. The lowest BCUT2D eigenvalue weighted by Gasteiger charge is -2.11. The lowest BCUT2D eigenvalue weighted by molar-refractivity contribution is -0.123. The quantitative estimate of drug-likeness (QED) is 0.824. The van der Waals surface area contributed by atoms with Crippen LogP contribution in [0.5, 0.6) is 0 Å². The van der Waals surface area contributed by atoms with E-state index in [1.165, 1.54) is 0 Å². The van der Waals surface area contributed by atoms with Gasteiger partial charge in [0.05, 0.1) is 0 Å². The first-order valence-electron chi connectivity index (χ1n) is 7.29. The number of anilines is 2. The van der Waals surface area contributed by atoms with Gasteiger partial charge in [0.25, 0.3) is 0 Å². The third kappa shape index (κ3) is 4.57. The second-order valence-corrected chi connectivity index (χ2v) is 5.91. The Kier molecular flexibility index (Phi) is 5.40. The summed E-state index contributed by atoms with van der Waals surface area (Å²) in [5.41, 5.74) is 4.19. The Hall–Kier alpha value is -2.33. The maximum absolute atomic E-state index is 12.0. The number of nitrogens with one attached hydrogen (secondary N) is 2. The van der Waals surface area contributed by atoms with Gasteiger partial charge in [-0.05, 0) is 50.1 Å². The number of hydrogen-bond acceptors (Lipinski definition) is 2. The van der Waals surface area contributed by atoms with Crippen LogP contribution in [0.3, 0.4) is 0 Å². The van der Waals surface area contributed by atoms with Crippen molar-refractivity contribution >= 4 is 34.8 Å². The first kappa shape index (κ1) is 17.0. The Labute approximate surface area is 140 Å². The lowest BCUT2D eigenvalue weighted by Crippen LogP contribution is -2.22. The summed E-state index contributed by atoms with van der Waals surface area (Å²) in [5, 5.41) is 6.03. The second-order valence-electron chi connectivity index (χ2n) is 5.50. The van der Waals surface area contributed by atoms with Gasteiger partial charge in [-0.3, -0.25) is 9.59 Å². The number of benzene rings is 2. The van der Waals surface area contributed by atoms with Crippen molar-refractivity contribution in [3.8, 4) is 0 Å². The van der Waals surface area contributed by atoms with Crippen LogP contribution in [0.1, 0.15) is 23.1 Å². The molecule has 2 aromatic rings. The molecule has 0 heterocycles. The van der Waals surface area contributed by atoms with Crippen molar-refractivity contribution < 1.29 is 9.59 Å². The topological polar surface area (TPSA) is 58.2 Å². The van der Waals surface area contributed by atoms with Gasteiger partial charge in [-0.1, -0.05) is 35.4 Å². The van der Waals surface area contributed by atoms with Crippen LogP contribution >= 0.6 is 11.6 Å². The molecule has 2 aromatic carbocycles. The molecule has 0 saturated heterocycles. The van der Waals surface area contributed by atoms with E-state index in [-0.39, 0.29) is 18.2 Å². The molecule has 0 aromatic heterocycles. The van der Waals surface area contributed by atoms with Crippen molar-refractivity contribution in [3.63, 3.8) is 0 Å². The van der Waals surface area contributed by atoms with Crippen LogP contribution in [0.2, 0.25) is 5.02 Å². The monoisotopic (exact) mass is 330 g/mol. The van der Waals surface area contributed by atoms with Crippen molar-refractivity contribution in [1.82, 2.24) is 0 Å². The maximum atomic E-state index is 12.0. The Balaban J connectivity index is 1.97. The van der Waals surface area contributed by atoms with Crippen LogP contribution in [0.25, 0.3) is 0 Å². The predicted molar refractivity (Wildman–Crippen MR) is 94.0 cm³/mol. The summed E-state index contributed by atoms with van der Waals surface area (Å²) in [6.45, 7) is 5.71. The first-order chi connectivity index (χ1) is 10.9. The molecule has 0 aliphatic heterocycles. The number of rotatable bonds is 4. The minimum absolute atomic E-state index is 0.251. The predicted octanol–water partition coefficient (Wildman–Crippen LogP) is 4.23. The molecule has 0 radical (unpaired) electrons. The van der Waals surface area contributed by atoms with Gasteiger partial charge in [0, 0.05) is 16.4 Å². The molecule has 2 rings (SSSR count). The Morgan fingerprint density at radius 2 is 1.61 bits per heavy atom. The molecular formula is C18H19ClN2O2. The average molecular weight is 331 g/mol. The Morgan fingerprint density at radius 3 is 2.26 bits per heavy atom. The van der Waals surface area contributed by atoms with Gasteiger partial charge in [-0.25, -0.2) is 0 Å². The zero-order chi connectivity index (χ0) is 17.0. The van der Waals surface area contributed by atoms with E-state index < -0.39 is 0 Å². The van der Waals surface area contributed by atoms with Crippen molar-refractivity contribution in [2.45, 2.75) is 27.2 Å². The molecule has 0 aliphatic carbocycles. The van der Waals surface area contributed by atoms with E-state index >= 15 is 0 Å². The molecule has 0 fully saturated rings. The molecule has 23 heavy (non-hydrogen) atoms. The molecule has 2 amide bonds. The van der Waals surface area contributed by atoms with E-state index in [9.17, 15) is 9.59 Å². The number of carbonyl (C=O) groups is 2. The van der Waals surface area contributed by atoms with Gasteiger partial charge in [-0.15, -0.1) is 0 Å². The largest absolute Gasteiger partial charge is 0.325 e. The molecule has 0 saturated carbocycles. The molecule has 0 spiro atoms. The van der Waals surface area contributed by atoms with Crippen molar-refractivity contribution in [2.24, 2.45) is 0 Å². The highest BCUT2D eigenvalue weighted by Crippen LogP contribution is 2.23. The van der Waals surface area contributed by atoms with Crippen LogP contribution in [0.15, 0.2) is 36.4 Å². The second kappa shape index (κ2) is 7.29. The van der Waals surface area contributed by atoms with Crippen LogP contribution in [0.4, 0.5) is 11.4 Å². The number of aryl methyl sites for hydroxylation is 2. The summed E-state index contributed by atoms with van der Waals surface area (Å²) in [7, 11) is 0. The summed E-state index contributed by atoms with van der Waals surface area (Å²) >= 11 is 6.01. The van der Waals surface area contributed by atoms with E-state index in [0.29, 0.717) is 16.4 Å². The van der Waals surface area contributed by atoms with E-state index in [0.717, 1.165) is 16.7 Å². The van der Waals surface area contributed by atoms with Gasteiger partial charge in [0.2, 0.25) is 11.8 Å². The Bertz CT molecular complexity index is 757. The average Bonchev–Trinajstić information content (AvgIpc) is 2.47. The van der Waals surface area contributed by atoms with Gasteiger partial charge < -0.3 is 10.6 Å².